The fourth-order valence-corrected chi connectivity index (χ4v) is 1.41. The first-order chi connectivity index (χ1) is 9.83. The summed E-state index contributed by atoms with van der Waals surface area (Å²) in [7, 11) is 3.61. The Balaban J connectivity index is 2.77. The van der Waals surface area contributed by atoms with Gasteiger partial charge in [0.2, 0.25) is 23.8 Å². The number of hydrogen-bond acceptors (Lipinski definition) is 8. The Bertz CT molecular complexity index is 476. The zero-order chi connectivity index (χ0) is 16.0. The van der Waals surface area contributed by atoms with E-state index in [1.54, 1.807) is 25.9 Å². The van der Waals surface area contributed by atoms with Crippen LogP contribution in [-0.4, -0.2) is 47.5 Å². The smallest absolute Gasteiger partial charge is 0.243 e. The van der Waals surface area contributed by atoms with Gasteiger partial charge < -0.3 is 15.5 Å². The molecule has 0 saturated carbocycles. The van der Waals surface area contributed by atoms with Crippen LogP contribution in [0.15, 0.2) is 0 Å². The molecule has 118 valence electrons. The van der Waals surface area contributed by atoms with E-state index in [2.05, 4.69) is 31.0 Å². The standard InChI is InChI=1S/C12H24N8O/c1-7(2)6-14-9(21)8(3)15-10-16-11(19-13)18-12(17-10)20(4)5/h7-8H,6,13H2,1-5H3,(H,14,21)(H2,15,16,17,18,19). The van der Waals surface area contributed by atoms with Gasteiger partial charge in [0.15, 0.2) is 0 Å². The quantitative estimate of drug-likeness (QED) is 0.403. The zero-order valence-electron chi connectivity index (χ0n) is 13.1. The minimum atomic E-state index is -0.466. The molecule has 1 aromatic heterocycles. The van der Waals surface area contributed by atoms with Gasteiger partial charge in [-0.15, -0.1) is 0 Å². The Hall–Kier alpha value is -2.16. The lowest BCUT2D eigenvalue weighted by Gasteiger charge is -2.17. The molecule has 21 heavy (non-hydrogen) atoms. The van der Waals surface area contributed by atoms with Crippen LogP contribution in [0.2, 0.25) is 0 Å². The Kier molecular flexibility index (Phi) is 6.10. The molecule has 0 fully saturated rings. The van der Waals surface area contributed by atoms with E-state index in [-0.39, 0.29) is 17.8 Å². The van der Waals surface area contributed by atoms with Crippen molar-refractivity contribution < 1.29 is 4.79 Å². The van der Waals surface area contributed by atoms with Crippen LogP contribution >= 0.6 is 0 Å². The number of nitrogen functional groups attached to an aromatic ring is 1. The number of hydrogen-bond donors (Lipinski definition) is 4. The normalized spacial score (nSPS) is 12.0. The number of rotatable bonds is 7. The second-order valence-electron chi connectivity index (χ2n) is 5.33. The van der Waals surface area contributed by atoms with E-state index >= 15 is 0 Å². The van der Waals surface area contributed by atoms with Gasteiger partial charge in [0, 0.05) is 20.6 Å². The lowest BCUT2D eigenvalue weighted by molar-refractivity contribution is -0.121. The van der Waals surface area contributed by atoms with E-state index in [0.29, 0.717) is 18.4 Å². The molecule has 1 rings (SSSR count). The van der Waals surface area contributed by atoms with Gasteiger partial charge >= 0.3 is 0 Å². The van der Waals surface area contributed by atoms with E-state index in [1.165, 1.54) is 0 Å². The summed E-state index contributed by atoms with van der Waals surface area (Å²) in [5.41, 5.74) is 2.38. The van der Waals surface area contributed by atoms with E-state index in [9.17, 15) is 4.79 Å². The number of anilines is 3. The molecule has 1 atom stereocenters. The van der Waals surface area contributed by atoms with Crippen LogP contribution in [0.1, 0.15) is 20.8 Å². The van der Waals surface area contributed by atoms with Crippen LogP contribution < -0.4 is 26.8 Å². The fourth-order valence-electron chi connectivity index (χ4n) is 1.41. The van der Waals surface area contributed by atoms with Gasteiger partial charge in [-0.1, -0.05) is 13.8 Å². The molecule has 9 heteroatoms. The predicted octanol–water partition coefficient (Wildman–Crippen LogP) is -0.204. The highest BCUT2D eigenvalue weighted by Gasteiger charge is 2.15. The third kappa shape index (κ3) is 5.38. The van der Waals surface area contributed by atoms with Crippen molar-refractivity contribution in [2.24, 2.45) is 11.8 Å². The molecule has 1 unspecified atom stereocenters. The van der Waals surface area contributed by atoms with E-state index in [0.717, 1.165) is 0 Å². The van der Waals surface area contributed by atoms with Crippen molar-refractivity contribution in [1.82, 2.24) is 20.3 Å². The van der Waals surface area contributed by atoms with Crippen LogP contribution in [0.5, 0.6) is 0 Å². The first-order valence-electron chi connectivity index (χ1n) is 6.77. The number of hydrazine groups is 1. The lowest BCUT2D eigenvalue weighted by atomic mass is 10.2. The molecular weight excluding hydrogens is 272 g/mol. The fraction of sp³-hybridized carbons (Fsp3) is 0.667. The lowest BCUT2D eigenvalue weighted by Crippen LogP contribution is -2.39. The van der Waals surface area contributed by atoms with E-state index in [1.807, 2.05) is 13.8 Å². The number of carbonyl (C=O) groups excluding carboxylic acids is 1. The highest BCUT2D eigenvalue weighted by Crippen LogP contribution is 2.11. The molecule has 0 aromatic carbocycles. The van der Waals surface area contributed by atoms with Gasteiger partial charge in [0.25, 0.3) is 0 Å². The minimum absolute atomic E-state index is 0.113. The molecule has 0 aliphatic heterocycles. The predicted molar refractivity (Wildman–Crippen MR) is 82.9 cm³/mol. The number of nitrogens with two attached hydrogens (primary N) is 1. The molecule has 0 radical (unpaired) electrons. The monoisotopic (exact) mass is 296 g/mol. The number of amides is 1. The van der Waals surface area contributed by atoms with Crippen molar-refractivity contribution in [2.75, 3.05) is 36.3 Å². The Morgan fingerprint density at radius 3 is 2.33 bits per heavy atom. The highest BCUT2D eigenvalue weighted by molar-refractivity contribution is 5.83. The third-order valence-corrected chi connectivity index (χ3v) is 2.58. The molecule has 0 spiro atoms. The van der Waals surface area contributed by atoms with Crippen molar-refractivity contribution >= 4 is 23.8 Å². The van der Waals surface area contributed by atoms with Crippen molar-refractivity contribution in [2.45, 2.75) is 26.8 Å². The number of nitrogens with one attached hydrogen (secondary N) is 3. The molecule has 0 aliphatic rings. The molecule has 0 saturated heterocycles. The average Bonchev–Trinajstić information content (AvgIpc) is 2.43. The summed E-state index contributed by atoms with van der Waals surface area (Å²) in [5, 5.41) is 5.78. The van der Waals surface area contributed by atoms with Crippen LogP contribution in [0.3, 0.4) is 0 Å². The van der Waals surface area contributed by atoms with E-state index in [4.69, 9.17) is 5.84 Å². The Morgan fingerprint density at radius 2 is 1.81 bits per heavy atom. The van der Waals surface area contributed by atoms with Gasteiger partial charge in [-0.2, -0.15) is 15.0 Å². The summed E-state index contributed by atoms with van der Waals surface area (Å²) in [6, 6.07) is -0.466. The van der Waals surface area contributed by atoms with Crippen molar-refractivity contribution in [3.63, 3.8) is 0 Å². The summed E-state index contributed by atoms with van der Waals surface area (Å²) >= 11 is 0. The SMILES string of the molecule is CC(C)CNC(=O)C(C)Nc1nc(NN)nc(N(C)C)n1. The molecule has 1 heterocycles. The van der Waals surface area contributed by atoms with Crippen molar-refractivity contribution in [3.8, 4) is 0 Å². The number of aromatic nitrogens is 3. The van der Waals surface area contributed by atoms with Crippen LogP contribution in [0.4, 0.5) is 17.8 Å². The topological polar surface area (TPSA) is 121 Å². The van der Waals surface area contributed by atoms with Crippen molar-refractivity contribution in [3.05, 3.63) is 0 Å². The summed E-state index contributed by atoms with van der Waals surface area (Å²) in [6.45, 7) is 6.44. The van der Waals surface area contributed by atoms with Crippen LogP contribution in [0.25, 0.3) is 0 Å². The highest BCUT2D eigenvalue weighted by atomic mass is 16.2. The molecule has 9 nitrogen and oxygen atoms in total. The number of carbonyl (C=O) groups is 1. The molecule has 1 amide bonds. The van der Waals surface area contributed by atoms with Gasteiger partial charge in [-0.25, -0.2) is 5.84 Å². The van der Waals surface area contributed by atoms with Gasteiger partial charge in [0.05, 0.1) is 0 Å². The van der Waals surface area contributed by atoms with Gasteiger partial charge in [-0.05, 0) is 12.8 Å². The van der Waals surface area contributed by atoms with Crippen LogP contribution in [0, 0.1) is 5.92 Å². The maximum Gasteiger partial charge on any atom is 0.243 e. The molecule has 1 aromatic rings. The average molecular weight is 296 g/mol. The summed E-state index contributed by atoms with van der Waals surface area (Å²) in [6.07, 6.45) is 0. The van der Waals surface area contributed by atoms with Gasteiger partial charge in [0.1, 0.15) is 6.04 Å². The maximum atomic E-state index is 11.9. The third-order valence-electron chi connectivity index (χ3n) is 2.58. The van der Waals surface area contributed by atoms with Crippen LogP contribution in [-0.2, 0) is 4.79 Å². The first kappa shape index (κ1) is 16.9. The zero-order valence-corrected chi connectivity index (χ0v) is 13.1. The summed E-state index contributed by atoms with van der Waals surface area (Å²) < 4.78 is 0. The molecule has 5 N–H and O–H groups in total. The Morgan fingerprint density at radius 1 is 1.19 bits per heavy atom. The molecular formula is C12H24N8O. The minimum Gasteiger partial charge on any atom is -0.354 e. The molecule has 0 aliphatic carbocycles. The van der Waals surface area contributed by atoms with Gasteiger partial charge in [-0.3, -0.25) is 10.2 Å². The number of nitrogens with zero attached hydrogens (tertiary/aromatic N) is 4. The summed E-state index contributed by atoms with van der Waals surface area (Å²) in [5.74, 6) is 6.57. The summed E-state index contributed by atoms with van der Waals surface area (Å²) in [4.78, 5) is 26.0. The van der Waals surface area contributed by atoms with Crippen molar-refractivity contribution in [1.29, 1.82) is 0 Å². The second-order valence-corrected chi connectivity index (χ2v) is 5.33. The molecule has 0 bridgehead atoms. The second kappa shape index (κ2) is 7.58. The van der Waals surface area contributed by atoms with E-state index < -0.39 is 6.04 Å². The largest absolute Gasteiger partial charge is 0.354 e. The first-order valence-corrected chi connectivity index (χ1v) is 6.77. The maximum absolute atomic E-state index is 11.9. The Labute approximate surface area is 124 Å².